The molecule has 6 heteroatoms. The smallest absolute Gasteiger partial charge is 0.0900 e. The van der Waals surface area contributed by atoms with Gasteiger partial charge < -0.3 is 19.7 Å². The molecule has 3 aliphatic rings. The van der Waals surface area contributed by atoms with E-state index < -0.39 is 12.2 Å². The van der Waals surface area contributed by atoms with Crippen LogP contribution < -0.4 is 0 Å². The Bertz CT molecular complexity index is 884. The molecule has 1 aliphatic heterocycles. The van der Waals surface area contributed by atoms with Crippen LogP contribution in [0.2, 0.25) is 0 Å². The summed E-state index contributed by atoms with van der Waals surface area (Å²) in [5.74, 6) is 0. The summed E-state index contributed by atoms with van der Waals surface area (Å²) in [5, 5.41) is 21.2. The third-order valence-electron chi connectivity index (χ3n) is 8.01. The molecule has 0 saturated carbocycles. The monoisotopic (exact) mass is 494 g/mol. The third kappa shape index (κ3) is 6.74. The SMILES string of the molecule is OC(COC1CCCc2ccccc21)CN1CCN(CC(O)COC2CCCc3ccccc32)CC1. The van der Waals surface area contributed by atoms with Gasteiger partial charge in [-0.2, -0.15) is 0 Å². The first-order valence-electron chi connectivity index (χ1n) is 13.9. The molecule has 0 bridgehead atoms. The van der Waals surface area contributed by atoms with Gasteiger partial charge in [0.25, 0.3) is 0 Å². The van der Waals surface area contributed by atoms with Crippen molar-refractivity contribution in [1.82, 2.24) is 9.80 Å². The second kappa shape index (κ2) is 12.6. The zero-order valence-corrected chi connectivity index (χ0v) is 21.4. The van der Waals surface area contributed by atoms with E-state index in [9.17, 15) is 10.2 Å². The standard InChI is InChI=1S/C30H42N2O4/c33-25(21-35-29-13-5-9-23-7-1-3-11-27(23)29)19-31-15-17-32(18-16-31)20-26(34)22-36-30-14-6-10-24-8-2-4-12-28(24)30/h1-4,7-8,11-12,25-26,29-30,33-34H,5-6,9-10,13-22H2. The van der Waals surface area contributed by atoms with Crippen molar-refractivity contribution < 1.29 is 19.7 Å². The van der Waals surface area contributed by atoms with Crippen LogP contribution in [0.1, 0.15) is 60.1 Å². The predicted octanol–water partition coefficient (Wildman–Crippen LogP) is 3.51. The van der Waals surface area contributed by atoms with Gasteiger partial charge in [0.15, 0.2) is 0 Å². The number of rotatable bonds is 10. The first-order chi connectivity index (χ1) is 17.7. The molecule has 2 aromatic carbocycles. The van der Waals surface area contributed by atoms with E-state index in [0.29, 0.717) is 26.3 Å². The Morgan fingerprint density at radius 2 is 1.08 bits per heavy atom. The van der Waals surface area contributed by atoms with Gasteiger partial charge in [0.2, 0.25) is 0 Å². The Kier molecular flexibility index (Phi) is 9.07. The minimum Gasteiger partial charge on any atom is -0.389 e. The quantitative estimate of drug-likeness (QED) is 0.527. The van der Waals surface area contributed by atoms with Crippen molar-refractivity contribution in [2.45, 2.75) is 62.9 Å². The fourth-order valence-electron chi connectivity index (χ4n) is 6.08. The van der Waals surface area contributed by atoms with Gasteiger partial charge in [0.05, 0.1) is 37.6 Å². The molecule has 196 valence electrons. The Balaban J connectivity index is 0.988. The molecule has 0 radical (unpaired) electrons. The van der Waals surface area contributed by atoms with Crippen LogP contribution in [-0.4, -0.2) is 84.7 Å². The molecule has 0 amide bonds. The maximum atomic E-state index is 10.6. The average Bonchev–Trinajstić information content (AvgIpc) is 2.92. The van der Waals surface area contributed by atoms with Crippen molar-refractivity contribution in [1.29, 1.82) is 0 Å². The van der Waals surface area contributed by atoms with E-state index >= 15 is 0 Å². The molecule has 2 aromatic rings. The number of benzene rings is 2. The average molecular weight is 495 g/mol. The number of aliphatic hydroxyl groups excluding tert-OH is 2. The molecular weight excluding hydrogens is 452 g/mol. The number of hydrogen-bond acceptors (Lipinski definition) is 6. The number of piperazine rings is 1. The van der Waals surface area contributed by atoms with Gasteiger partial charge >= 0.3 is 0 Å². The van der Waals surface area contributed by atoms with Crippen molar-refractivity contribution in [3.8, 4) is 0 Å². The summed E-state index contributed by atoms with van der Waals surface area (Å²) >= 11 is 0. The lowest BCUT2D eigenvalue weighted by Gasteiger charge is -2.36. The number of aryl methyl sites for hydroxylation is 2. The highest BCUT2D eigenvalue weighted by Crippen LogP contribution is 2.33. The van der Waals surface area contributed by atoms with E-state index in [1.165, 1.54) is 22.3 Å². The van der Waals surface area contributed by atoms with Crippen molar-refractivity contribution >= 4 is 0 Å². The van der Waals surface area contributed by atoms with Crippen molar-refractivity contribution in [3.63, 3.8) is 0 Å². The van der Waals surface area contributed by atoms with Gasteiger partial charge in [0, 0.05) is 39.3 Å². The normalized spacial score (nSPS) is 24.6. The van der Waals surface area contributed by atoms with Crippen LogP contribution in [0.25, 0.3) is 0 Å². The molecule has 4 unspecified atom stereocenters. The van der Waals surface area contributed by atoms with E-state index in [4.69, 9.17) is 9.47 Å². The lowest BCUT2D eigenvalue weighted by molar-refractivity contribution is -0.0420. The highest BCUT2D eigenvalue weighted by Gasteiger charge is 2.25. The maximum Gasteiger partial charge on any atom is 0.0900 e. The number of ether oxygens (including phenoxy) is 2. The minimum atomic E-state index is -0.483. The summed E-state index contributed by atoms with van der Waals surface area (Å²) in [6.45, 7) is 5.60. The molecule has 4 atom stereocenters. The van der Waals surface area contributed by atoms with Gasteiger partial charge in [-0.15, -0.1) is 0 Å². The van der Waals surface area contributed by atoms with Gasteiger partial charge in [-0.3, -0.25) is 9.80 Å². The van der Waals surface area contributed by atoms with Crippen LogP contribution in [0.3, 0.4) is 0 Å². The Morgan fingerprint density at radius 3 is 1.53 bits per heavy atom. The van der Waals surface area contributed by atoms with E-state index in [-0.39, 0.29) is 12.2 Å². The Hall–Kier alpha value is -1.80. The van der Waals surface area contributed by atoms with Crippen LogP contribution in [0.15, 0.2) is 48.5 Å². The summed E-state index contributed by atoms with van der Waals surface area (Å²) < 4.78 is 12.3. The fraction of sp³-hybridized carbons (Fsp3) is 0.600. The first kappa shape index (κ1) is 25.8. The summed E-state index contributed by atoms with van der Waals surface area (Å²) in [6.07, 6.45) is 5.83. The van der Waals surface area contributed by atoms with Crippen molar-refractivity contribution in [3.05, 3.63) is 70.8 Å². The summed E-state index contributed by atoms with van der Waals surface area (Å²) in [4.78, 5) is 4.61. The molecule has 36 heavy (non-hydrogen) atoms. The van der Waals surface area contributed by atoms with Gasteiger partial charge in [-0.1, -0.05) is 48.5 Å². The van der Waals surface area contributed by atoms with E-state index in [1.54, 1.807) is 0 Å². The lowest BCUT2D eigenvalue weighted by atomic mass is 9.89. The van der Waals surface area contributed by atoms with Crippen molar-refractivity contribution in [2.75, 3.05) is 52.5 Å². The van der Waals surface area contributed by atoms with Crippen LogP contribution in [0, 0.1) is 0 Å². The molecule has 0 aromatic heterocycles. The fourth-order valence-corrected chi connectivity index (χ4v) is 6.08. The first-order valence-corrected chi connectivity index (χ1v) is 13.9. The molecule has 2 aliphatic carbocycles. The molecule has 1 fully saturated rings. The molecule has 2 N–H and O–H groups in total. The van der Waals surface area contributed by atoms with Crippen molar-refractivity contribution in [2.24, 2.45) is 0 Å². The number of nitrogens with zero attached hydrogens (tertiary/aromatic N) is 2. The Morgan fingerprint density at radius 1 is 0.667 bits per heavy atom. The Labute approximate surface area is 215 Å². The van der Waals surface area contributed by atoms with Gasteiger partial charge in [-0.25, -0.2) is 0 Å². The molecule has 1 heterocycles. The van der Waals surface area contributed by atoms with Crippen LogP contribution in [-0.2, 0) is 22.3 Å². The van der Waals surface area contributed by atoms with E-state index in [1.807, 2.05) is 0 Å². The van der Waals surface area contributed by atoms with E-state index in [2.05, 4.69) is 58.3 Å². The number of β-amino-alcohol motifs (C(OH)–C–C–N with tert-alkyl or cyclic N) is 2. The summed E-state index contributed by atoms with van der Waals surface area (Å²) in [7, 11) is 0. The topological polar surface area (TPSA) is 65.4 Å². The number of hydrogen-bond donors (Lipinski definition) is 2. The lowest BCUT2D eigenvalue weighted by Crippen LogP contribution is -2.51. The van der Waals surface area contributed by atoms with E-state index in [0.717, 1.165) is 64.7 Å². The highest BCUT2D eigenvalue weighted by atomic mass is 16.5. The predicted molar refractivity (Wildman–Crippen MR) is 141 cm³/mol. The second-order valence-corrected chi connectivity index (χ2v) is 10.7. The highest BCUT2D eigenvalue weighted by molar-refractivity contribution is 5.32. The third-order valence-corrected chi connectivity index (χ3v) is 8.01. The number of fused-ring (bicyclic) bond motifs is 2. The minimum absolute atomic E-state index is 0.104. The van der Waals surface area contributed by atoms with Crippen LogP contribution >= 0.6 is 0 Å². The largest absolute Gasteiger partial charge is 0.389 e. The summed E-state index contributed by atoms with van der Waals surface area (Å²) in [5.41, 5.74) is 5.35. The maximum absolute atomic E-state index is 10.6. The molecule has 5 rings (SSSR count). The van der Waals surface area contributed by atoms with Gasteiger partial charge in [-0.05, 0) is 60.8 Å². The molecule has 6 nitrogen and oxygen atoms in total. The zero-order valence-electron chi connectivity index (χ0n) is 21.4. The van der Waals surface area contributed by atoms with Crippen LogP contribution in [0.4, 0.5) is 0 Å². The second-order valence-electron chi connectivity index (χ2n) is 10.7. The van der Waals surface area contributed by atoms with Crippen LogP contribution in [0.5, 0.6) is 0 Å². The van der Waals surface area contributed by atoms with Gasteiger partial charge in [0.1, 0.15) is 0 Å². The summed E-state index contributed by atoms with van der Waals surface area (Å²) in [6, 6.07) is 17.1. The number of aliphatic hydroxyl groups is 2. The molecule has 0 spiro atoms. The molecule has 1 saturated heterocycles. The molecular formula is C30H42N2O4. The zero-order chi connectivity index (χ0) is 24.7.